The van der Waals surface area contributed by atoms with E-state index in [4.69, 9.17) is 0 Å². The lowest BCUT2D eigenvalue weighted by Gasteiger charge is -2.08. The molecule has 1 aromatic carbocycles. The molecule has 0 saturated heterocycles. The Balaban J connectivity index is 3.57. The minimum atomic E-state index is -2.11. The number of carbonyl (C=O) groups is 1. The van der Waals surface area contributed by atoms with Gasteiger partial charge in [0.05, 0.1) is 12.7 Å². The monoisotopic (exact) mass is 319 g/mol. The Morgan fingerprint density at radius 2 is 1.82 bits per heavy atom. The maximum absolute atomic E-state index is 13.6. The summed E-state index contributed by atoms with van der Waals surface area (Å²) in [5.41, 5.74) is -1.65. The highest BCUT2D eigenvalue weighted by Crippen LogP contribution is 2.25. The highest BCUT2D eigenvalue weighted by atomic mass is 19.2. The Morgan fingerprint density at radius 3 is 2.32 bits per heavy atom. The SMILES string of the molecule is COC(=O)C(C=NC(C)C)=C(O)c1cc(F)c(F)c(F)c1F. The van der Waals surface area contributed by atoms with Gasteiger partial charge in [-0.3, -0.25) is 4.99 Å². The number of ether oxygens (including phenoxy) is 1. The third-order valence-electron chi connectivity index (χ3n) is 2.52. The third-order valence-corrected chi connectivity index (χ3v) is 2.52. The molecule has 0 amide bonds. The number of aliphatic hydroxyl groups is 1. The van der Waals surface area contributed by atoms with Gasteiger partial charge in [0.25, 0.3) is 0 Å². The molecule has 0 spiro atoms. The molecule has 0 atom stereocenters. The van der Waals surface area contributed by atoms with E-state index in [9.17, 15) is 27.5 Å². The van der Waals surface area contributed by atoms with Gasteiger partial charge in [0.15, 0.2) is 23.3 Å². The molecule has 0 bridgehead atoms. The van der Waals surface area contributed by atoms with Gasteiger partial charge in [-0.25, -0.2) is 22.4 Å². The van der Waals surface area contributed by atoms with Crippen LogP contribution in [0.25, 0.3) is 5.76 Å². The van der Waals surface area contributed by atoms with Gasteiger partial charge in [-0.05, 0) is 19.9 Å². The quantitative estimate of drug-likeness (QED) is 0.176. The van der Waals surface area contributed by atoms with Crippen molar-refractivity contribution in [2.45, 2.75) is 19.9 Å². The Labute approximate surface area is 123 Å². The normalized spacial score (nSPS) is 12.7. The van der Waals surface area contributed by atoms with Gasteiger partial charge in [0.1, 0.15) is 11.3 Å². The summed E-state index contributed by atoms with van der Waals surface area (Å²) in [6.45, 7) is 3.31. The number of esters is 1. The second-order valence-electron chi connectivity index (χ2n) is 4.47. The Bertz CT molecular complexity index is 654. The fraction of sp³-hybridized carbons (Fsp3) is 0.286. The maximum atomic E-state index is 13.6. The average molecular weight is 319 g/mol. The number of rotatable bonds is 4. The molecular weight excluding hydrogens is 306 g/mol. The van der Waals surface area contributed by atoms with Crippen molar-refractivity contribution in [1.82, 2.24) is 0 Å². The number of aliphatic hydroxyl groups excluding tert-OH is 1. The van der Waals surface area contributed by atoms with E-state index in [1.54, 1.807) is 13.8 Å². The van der Waals surface area contributed by atoms with Crippen molar-refractivity contribution in [3.63, 3.8) is 0 Å². The van der Waals surface area contributed by atoms with Gasteiger partial charge in [-0.2, -0.15) is 0 Å². The standard InChI is InChI=1S/C14H13F4NO3/c1-6(2)19-5-8(14(21)22-3)13(20)7-4-9(15)11(17)12(18)10(7)16/h4-6,20H,1-3H3. The van der Waals surface area contributed by atoms with Crippen LogP contribution in [-0.4, -0.2) is 30.4 Å². The van der Waals surface area contributed by atoms with Crippen molar-refractivity contribution >= 4 is 17.9 Å². The molecule has 0 aliphatic rings. The van der Waals surface area contributed by atoms with Crippen molar-refractivity contribution in [3.05, 3.63) is 40.5 Å². The predicted octanol–water partition coefficient (Wildman–Crippen LogP) is 3.16. The van der Waals surface area contributed by atoms with Crippen LogP contribution in [0.2, 0.25) is 0 Å². The van der Waals surface area contributed by atoms with Crippen LogP contribution < -0.4 is 0 Å². The molecule has 0 unspecified atom stereocenters. The molecule has 0 aliphatic heterocycles. The zero-order valence-electron chi connectivity index (χ0n) is 12.0. The lowest BCUT2D eigenvalue weighted by Crippen LogP contribution is -2.11. The van der Waals surface area contributed by atoms with Gasteiger partial charge in [-0.15, -0.1) is 0 Å². The number of hydrogen-bond donors (Lipinski definition) is 1. The van der Waals surface area contributed by atoms with E-state index >= 15 is 0 Å². The second kappa shape index (κ2) is 7.06. The highest BCUT2D eigenvalue weighted by Gasteiger charge is 2.24. The number of benzene rings is 1. The molecule has 0 aliphatic carbocycles. The molecule has 4 nitrogen and oxygen atoms in total. The summed E-state index contributed by atoms with van der Waals surface area (Å²) in [5.74, 6) is -9.91. The van der Waals surface area contributed by atoms with Gasteiger partial charge in [0, 0.05) is 12.3 Å². The van der Waals surface area contributed by atoms with Crippen LogP contribution in [0.1, 0.15) is 19.4 Å². The Morgan fingerprint density at radius 1 is 1.23 bits per heavy atom. The summed E-state index contributed by atoms with van der Waals surface area (Å²) < 4.78 is 57.3. The van der Waals surface area contributed by atoms with Crippen LogP contribution >= 0.6 is 0 Å². The molecule has 0 saturated carbocycles. The lowest BCUT2D eigenvalue weighted by atomic mass is 10.1. The average Bonchev–Trinajstić information content (AvgIpc) is 2.47. The minimum absolute atomic E-state index is 0.231. The van der Waals surface area contributed by atoms with Crippen molar-refractivity contribution in [1.29, 1.82) is 0 Å². The summed E-state index contributed by atoms with van der Waals surface area (Å²) in [5, 5.41) is 9.91. The minimum Gasteiger partial charge on any atom is -0.506 e. The molecular formula is C14H13F4NO3. The summed E-state index contributed by atoms with van der Waals surface area (Å²) in [6, 6.07) is -0.0473. The van der Waals surface area contributed by atoms with E-state index < -0.39 is 46.1 Å². The summed E-state index contributed by atoms with van der Waals surface area (Å²) >= 11 is 0. The van der Waals surface area contributed by atoms with Crippen LogP contribution in [0.5, 0.6) is 0 Å². The number of hydrogen-bond acceptors (Lipinski definition) is 4. The summed E-state index contributed by atoms with van der Waals surface area (Å²) in [6.07, 6.45) is 0.879. The van der Waals surface area contributed by atoms with Crippen LogP contribution in [0.4, 0.5) is 17.6 Å². The van der Waals surface area contributed by atoms with Crippen molar-refractivity contribution in [2.75, 3.05) is 7.11 Å². The van der Waals surface area contributed by atoms with Crippen LogP contribution in [0.15, 0.2) is 16.6 Å². The molecule has 1 aromatic rings. The molecule has 0 heterocycles. The van der Waals surface area contributed by atoms with Crippen molar-refractivity contribution < 1.29 is 32.2 Å². The topological polar surface area (TPSA) is 58.9 Å². The van der Waals surface area contributed by atoms with Crippen LogP contribution in [-0.2, 0) is 9.53 Å². The molecule has 0 aromatic heterocycles. The molecule has 0 radical (unpaired) electrons. The molecule has 1 N–H and O–H groups in total. The van der Waals surface area contributed by atoms with E-state index in [0.717, 1.165) is 13.3 Å². The molecule has 1 rings (SSSR count). The second-order valence-corrected chi connectivity index (χ2v) is 4.47. The van der Waals surface area contributed by atoms with Gasteiger partial charge in [0.2, 0.25) is 0 Å². The third kappa shape index (κ3) is 3.63. The summed E-state index contributed by atoms with van der Waals surface area (Å²) in [7, 11) is 0.987. The van der Waals surface area contributed by atoms with Crippen molar-refractivity contribution in [3.8, 4) is 0 Å². The van der Waals surface area contributed by atoms with Crippen LogP contribution in [0.3, 0.4) is 0 Å². The van der Waals surface area contributed by atoms with E-state index in [1.807, 2.05) is 0 Å². The van der Waals surface area contributed by atoms with Gasteiger partial charge < -0.3 is 9.84 Å². The van der Waals surface area contributed by atoms with E-state index in [1.165, 1.54) is 0 Å². The zero-order chi connectivity index (χ0) is 17.0. The maximum Gasteiger partial charge on any atom is 0.343 e. The Kier molecular flexibility index (Phi) is 5.67. The number of halogens is 4. The first kappa shape index (κ1) is 17.7. The zero-order valence-corrected chi connectivity index (χ0v) is 12.0. The predicted molar refractivity (Wildman–Crippen MR) is 71.5 cm³/mol. The number of nitrogens with zero attached hydrogens (tertiary/aromatic N) is 1. The number of aliphatic imine (C=N–C) groups is 1. The smallest absolute Gasteiger partial charge is 0.343 e. The fourth-order valence-corrected chi connectivity index (χ4v) is 1.43. The summed E-state index contributed by atoms with van der Waals surface area (Å²) in [4.78, 5) is 15.4. The molecule has 8 heteroatoms. The first-order chi connectivity index (χ1) is 10.2. The van der Waals surface area contributed by atoms with Gasteiger partial charge in [-0.1, -0.05) is 0 Å². The largest absolute Gasteiger partial charge is 0.506 e. The lowest BCUT2D eigenvalue weighted by molar-refractivity contribution is -0.135. The first-order valence-corrected chi connectivity index (χ1v) is 6.08. The van der Waals surface area contributed by atoms with E-state index in [-0.39, 0.29) is 12.1 Å². The van der Waals surface area contributed by atoms with Gasteiger partial charge >= 0.3 is 5.97 Å². The molecule has 22 heavy (non-hydrogen) atoms. The Hall–Kier alpha value is -2.38. The highest BCUT2D eigenvalue weighted by molar-refractivity contribution is 6.15. The van der Waals surface area contributed by atoms with Crippen LogP contribution in [0, 0.1) is 23.3 Å². The van der Waals surface area contributed by atoms with E-state index in [0.29, 0.717) is 0 Å². The molecule has 0 fully saturated rings. The fourth-order valence-electron chi connectivity index (χ4n) is 1.43. The first-order valence-electron chi connectivity index (χ1n) is 6.08. The molecule has 120 valence electrons. The number of carbonyl (C=O) groups excluding carboxylic acids is 1. The number of methoxy groups -OCH3 is 1. The van der Waals surface area contributed by atoms with E-state index in [2.05, 4.69) is 9.73 Å². The van der Waals surface area contributed by atoms with Crippen molar-refractivity contribution in [2.24, 2.45) is 4.99 Å².